The van der Waals surface area contributed by atoms with Crippen molar-refractivity contribution in [2.75, 3.05) is 18.4 Å². The minimum atomic E-state index is -0.362. The highest BCUT2D eigenvalue weighted by Crippen LogP contribution is 2.37. The van der Waals surface area contributed by atoms with E-state index in [1.54, 1.807) is 0 Å². The number of hydrogen-bond donors (Lipinski definition) is 2. The Labute approximate surface area is 145 Å². The number of aliphatic imine (C=N–C) groups is 1. The Hall–Kier alpha value is -1.37. The molecule has 2 N–H and O–H groups in total. The zero-order valence-electron chi connectivity index (χ0n) is 15.2. The average Bonchev–Trinajstić information content (AvgIpc) is 3.11. The van der Waals surface area contributed by atoms with E-state index in [9.17, 15) is 0 Å². The molecule has 5 nitrogen and oxygen atoms in total. The van der Waals surface area contributed by atoms with E-state index in [1.807, 2.05) is 12.1 Å². The fraction of sp³-hybridized carbons (Fsp3) is 0.611. The van der Waals surface area contributed by atoms with Crippen molar-refractivity contribution in [2.45, 2.75) is 57.8 Å². The summed E-state index contributed by atoms with van der Waals surface area (Å²) < 4.78 is 12.3. The molecule has 1 aromatic rings. The van der Waals surface area contributed by atoms with Crippen molar-refractivity contribution in [3.05, 3.63) is 18.2 Å². The van der Waals surface area contributed by atoms with Crippen LogP contribution in [0.5, 0.6) is 0 Å². The minimum Gasteiger partial charge on any atom is -0.399 e. The van der Waals surface area contributed by atoms with Crippen LogP contribution in [0.1, 0.15) is 40.5 Å². The molecule has 0 bridgehead atoms. The lowest BCUT2D eigenvalue weighted by Crippen LogP contribution is -2.41. The van der Waals surface area contributed by atoms with Crippen LogP contribution in [0.15, 0.2) is 23.2 Å². The Kier molecular flexibility index (Phi) is 4.73. The van der Waals surface area contributed by atoms with Crippen molar-refractivity contribution in [3.63, 3.8) is 0 Å². The van der Waals surface area contributed by atoms with Crippen LogP contribution < -0.4 is 16.1 Å². The normalized spacial score (nSPS) is 25.0. The van der Waals surface area contributed by atoms with Crippen LogP contribution in [-0.2, 0) is 9.31 Å². The Bertz CT molecular complexity index is 596. The maximum atomic E-state index is 6.15. The molecule has 0 aromatic heterocycles. The molecule has 2 saturated heterocycles. The number of nitrogens with zero attached hydrogens (tertiary/aromatic N) is 1. The molecule has 130 valence electrons. The Morgan fingerprint density at radius 3 is 2.58 bits per heavy atom. The van der Waals surface area contributed by atoms with Gasteiger partial charge in [-0.15, -0.1) is 0 Å². The van der Waals surface area contributed by atoms with Gasteiger partial charge in [-0.3, -0.25) is 4.99 Å². The molecule has 0 radical (unpaired) electrons. The van der Waals surface area contributed by atoms with E-state index < -0.39 is 0 Å². The monoisotopic (exact) mass is 329 g/mol. The first-order valence-corrected chi connectivity index (χ1v) is 8.76. The number of rotatable bonds is 5. The number of nitrogens with one attached hydrogen (secondary N) is 2. The maximum absolute atomic E-state index is 6.15. The van der Waals surface area contributed by atoms with Gasteiger partial charge in [0.1, 0.15) is 0 Å². The lowest BCUT2D eigenvalue weighted by Gasteiger charge is -2.32. The number of anilines is 1. The zero-order valence-corrected chi connectivity index (χ0v) is 15.2. The highest BCUT2D eigenvalue weighted by molar-refractivity contribution is 6.62. The predicted octanol–water partition coefficient (Wildman–Crippen LogP) is 2.48. The topological polar surface area (TPSA) is 54.9 Å². The molecular formula is C18H28BN3O2. The number of hydrogen-bond acceptors (Lipinski definition) is 5. The SMILES string of the molecule is C=Nc1ccc(B2OC(C)(C)C(C)(C)O2)cc1NCC1CCCN1. The summed E-state index contributed by atoms with van der Waals surface area (Å²) >= 11 is 0. The quantitative estimate of drug-likeness (QED) is 0.644. The molecule has 6 heteroatoms. The van der Waals surface area contributed by atoms with E-state index in [0.29, 0.717) is 6.04 Å². The van der Waals surface area contributed by atoms with E-state index in [0.717, 1.165) is 29.9 Å². The standard InChI is InChI=1S/C18H28BN3O2/c1-17(2)18(3,4)24-19(23-17)13-8-9-15(20-5)16(11-13)22-12-14-7-6-10-21-14/h8-9,11,14,21-22H,5-7,10,12H2,1-4H3. The third-order valence-corrected chi connectivity index (χ3v) is 5.42. The first-order valence-electron chi connectivity index (χ1n) is 8.76. The van der Waals surface area contributed by atoms with Crippen molar-refractivity contribution in [2.24, 2.45) is 4.99 Å². The lowest BCUT2D eigenvalue weighted by atomic mass is 9.78. The second kappa shape index (κ2) is 6.50. The van der Waals surface area contributed by atoms with Gasteiger partial charge in [0, 0.05) is 12.6 Å². The second-order valence-electron chi connectivity index (χ2n) is 7.70. The van der Waals surface area contributed by atoms with Gasteiger partial charge in [0.25, 0.3) is 0 Å². The van der Waals surface area contributed by atoms with Gasteiger partial charge in [0.15, 0.2) is 0 Å². The van der Waals surface area contributed by atoms with Gasteiger partial charge in [0.05, 0.1) is 22.6 Å². The van der Waals surface area contributed by atoms with Crippen LogP contribution in [0, 0.1) is 0 Å². The summed E-state index contributed by atoms with van der Waals surface area (Å²) in [5.41, 5.74) is 2.16. The molecule has 24 heavy (non-hydrogen) atoms. The van der Waals surface area contributed by atoms with Gasteiger partial charge in [0.2, 0.25) is 0 Å². The number of benzene rings is 1. The Morgan fingerprint density at radius 1 is 1.29 bits per heavy atom. The van der Waals surface area contributed by atoms with E-state index in [2.05, 4.69) is 56.1 Å². The first kappa shape index (κ1) is 17.5. The molecule has 2 heterocycles. The largest absolute Gasteiger partial charge is 0.494 e. The summed E-state index contributed by atoms with van der Waals surface area (Å²) in [6, 6.07) is 6.56. The van der Waals surface area contributed by atoms with E-state index in [-0.39, 0.29) is 18.3 Å². The fourth-order valence-corrected chi connectivity index (χ4v) is 3.12. The molecule has 1 atom stereocenters. The van der Waals surface area contributed by atoms with E-state index in [1.165, 1.54) is 12.8 Å². The summed E-state index contributed by atoms with van der Waals surface area (Å²) in [5.74, 6) is 0. The molecular weight excluding hydrogens is 301 g/mol. The minimum absolute atomic E-state index is 0.339. The molecule has 2 aliphatic rings. The summed E-state index contributed by atoms with van der Waals surface area (Å²) in [4.78, 5) is 4.13. The highest BCUT2D eigenvalue weighted by Gasteiger charge is 2.51. The summed E-state index contributed by atoms with van der Waals surface area (Å²) in [6.07, 6.45) is 2.45. The van der Waals surface area contributed by atoms with E-state index >= 15 is 0 Å². The third-order valence-electron chi connectivity index (χ3n) is 5.42. The zero-order chi connectivity index (χ0) is 17.4. The van der Waals surface area contributed by atoms with Gasteiger partial charge in [-0.05, 0) is 71.4 Å². The van der Waals surface area contributed by atoms with Crippen molar-refractivity contribution in [3.8, 4) is 0 Å². The molecule has 0 saturated carbocycles. The van der Waals surface area contributed by atoms with Gasteiger partial charge < -0.3 is 19.9 Å². The van der Waals surface area contributed by atoms with Crippen LogP contribution in [0.2, 0.25) is 0 Å². The molecule has 1 aromatic carbocycles. The van der Waals surface area contributed by atoms with Crippen LogP contribution in [0.4, 0.5) is 11.4 Å². The third kappa shape index (κ3) is 3.36. The molecule has 0 aliphatic carbocycles. The molecule has 3 rings (SSSR count). The van der Waals surface area contributed by atoms with Gasteiger partial charge >= 0.3 is 7.12 Å². The summed E-state index contributed by atoms with van der Waals surface area (Å²) in [5, 5.41) is 7.00. The lowest BCUT2D eigenvalue weighted by molar-refractivity contribution is 0.00578. The first-order chi connectivity index (χ1) is 11.3. The highest BCUT2D eigenvalue weighted by atomic mass is 16.7. The smallest absolute Gasteiger partial charge is 0.399 e. The van der Waals surface area contributed by atoms with Crippen LogP contribution in [-0.4, -0.2) is 44.2 Å². The van der Waals surface area contributed by atoms with Crippen LogP contribution in [0.3, 0.4) is 0 Å². The molecule has 2 aliphatic heterocycles. The molecule has 2 fully saturated rings. The van der Waals surface area contributed by atoms with Crippen LogP contribution in [0.25, 0.3) is 0 Å². The van der Waals surface area contributed by atoms with Crippen molar-refractivity contribution < 1.29 is 9.31 Å². The molecule has 1 unspecified atom stereocenters. The van der Waals surface area contributed by atoms with Gasteiger partial charge in [-0.25, -0.2) is 0 Å². The molecule has 0 amide bonds. The van der Waals surface area contributed by atoms with Crippen molar-refractivity contribution in [1.82, 2.24) is 5.32 Å². The van der Waals surface area contributed by atoms with E-state index in [4.69, 9.17) is 9.31 Å². The van der Waals surface area contributed by atoms with Gasteiger partial charge in [-0.2, -0.15) is 0 Å². The van der Waals surface area contributed by atoms with Gasteiger partial charge in [-0.1, -0.05) is 6.07 Å². The Morgan fingerprint density at radius 2 is 2.00 bits per heavy atom. The second-order valence-corrected chi connectivity index (χ2v) is 7.70. The summed E-state index contributed by atoms with van der Waals surface area (Å²) in [6.45, 7) is 13.9. The average molecular weight is 329 g/mol. The van der Waals surface area contributed by atoms with Crippen LogP contribution >= 0.6 is 0 Å². The maximum Gasteiger partial charge on any atom is 0.494 e. The summed E-state index contributed by atoms with van der Waals surface area (Å²) in [7, 11) is -0.362. The van der Waals surface area contributed by atoms with Crippen molar-refractivity contribution >= 4 is 30.7 Å². The van der Waals surface area contributed by atoms with Crippen molar-refractivity contribution in [1.29, 1.82) is 0 Å². The fourth-order valence-electron chi connectivity index (χ4n) is 3.12. The predicted molar refractivity (Wildman–Crippen MR) is 101 cm³/mol. The Balaban J connectivity index is 1.77. The molecule has 0 spiro atoms.